The second-order valence-electron chi connectivity index (χ2n) is 8.00. The number of carbonyl (C=O) groups excluding carboxylic acids is 1. The molecule has 2 spiro atoms. The van der Waals surface area contributed by atoms with Crippen LogP contribution in [0.25, 0.3) is 0 Å². The van der Waals surface area contributed by atoms with E-state index in [-0.39, 0.29) is 17.2 Å². The Labute approximate surface area is 134 Å². The number of hydrogen-bond acceptors (Lipinski definition) is 3. The number of ether oxygens (including phenoxy) is 1. The maximum Gasteiger partial charge on any atom is 0.339 e. The van der Waals surface area contributed by atoms with Gasteiger partial charge in [-0.3, -0.25) is 0 Å². The predicted octanol–water partition coefficient (Wildman–Crippen LogP) is 3.51. The van der Waals surface area contributed by atoms with Gasteiger partial charge in [0.2, 0.25) is 0 Å². The van der Waals surface area contributed by atoms with Gasteiger partial charge in [-0.2, -0.15) is 0 Å². The largest absolute Gasteiger partial charge is 0.478 e. The lowest BCUT2D eigenvalue weighted by molar-refractivity contribution is -0.000697. The van der Waals surface area contributed by atoms with E-state index in [2.05, 4.69) is 0 Å². The molecule has 4 heteroatoms. The average Bonchev–Trinajstić information content (AvgIpc) is 3.42. The molecule has 3 atom stereocenters. The van der Waals surface area contributed by atoms with Crippen molar-refractivity contribution in [3.8, 4) is 0 Å². The minimum Gasteiger partial charge on any atom is -0.478 e. The van der Waals surface area contributed by atoms with Gasteiger partial charge in [-0.1, -0.05) is 12.1 Å². The third kappa shape index (κ3) is 1.72. The van der Waals surface area contributed by atoms with E-state index >= 15 is 0 Å². The molecule has 0 aromatic heterocycles. The van der Waals surface area contributed by atoms with Gasteiger partial charge >= 0.3 is 11.9 Å². The molecule has 120 valence electrons. The molecule has 1 aromatic rings. The van der Waals surface area contributed by atoms with E-state index in [1.54, 1.807) is 18.2 Å². The Morgan fingerprint density at radius 1 is 1.09 bits per heavy atom. The van der Waals surface area contributed by atoms with Crippen LogP contribution in [0.3, 0.4) is 0 Å². The summed E-state index contributed by atoms with van der Waals surface area (Å²) in [6.45, 7) is 0. The SMILES string of the molecule is O=C(O)c1ccccc1C(=O)O[C@H]1C[C@@H]2CC3(CC3)[C@@H]1C21CC1. The maximum absolute atomic E-state index is 12.6. The Kier molecular flexibility index (Phi) is 2.46. The number of carbonyl (C=O) groups is 2. The van der Waals surface area contributed by atoms with Crippen molar-refractivity contribution in [2.24, 2.45) is 22.7 Å². The van der Waals surface area contributed by atoms with Gasteiger partial charge in [-0.05, 0) is 67.4 Å². The zero-order valence-electron chi connectivity index (χ0n) is 13.0. The van der Waals surface area contributed by atoms with Gasteiger partial charge in [-0.25, -0.2) is 9.59 Å². The molecule has 0 saturated heterocycles. The third-order valence-electron chi connectivity index (χ3n) is 6.99. The Morgan fingerprint density at radius 2 is 1.78 bits per heavy atom. The Hall–Kier alpha value is -1.84. The van der Waals surface area contributed by atoms with E-state index in [0.717, 1.165) is 12.3 Å². The van der Waals surface area contributed by atoms with Crippen LogP contribution in [-0.2, 0) is 4.74 Å². The van der Waals surface area contributed by atoms with Crippen LogP contribution in [0.15, 0.2) is 24.3 Å². The van der Waals surface area contributed by atoms with Crippen LogP contribution >= 0.6 is 0 Å². The van der Waals surface area contributed by atoms with Crippen molar-refractivity contribution >= 4 is 11.9 Å². The van der Waals surface area contributed by atoms with Crippen LogP contribution < -0.4 is 0 Å². The number of aromatic carboxylic acids is 1. The van der Waals surface area contributed by atoms with Gasteiger partial charge in [0.15, 0.2) is 0 Å². The van der Waals surface area contributed by atoms with Crippen LogP contribution in [-0.4, -0.2) is 23.1 Å². The molecular formula is C19H20O4. The van der Waals surface area contributed by atoms with Crippen LogP contribution in [0, 0.1) is 22.7 Å². The molecule has 0 aliphatic heterocycles. The highest BCUT2D eigenvalue weighted by Gasteiger charge is 2.76. The fourth-order valence-corrected chi connectivity index (χ4v) is 5.89. The minimum atomic E-state index is -1.08. The van der Waals surface area contributed by atoms with Crippen molar-refractivity contribution < 1.29 is 19.4 Å². The summed E-state index contributed by atoms with van der Waals surface area (Å²) in [5.74, 6) is -0.293. The summed E-state index contributed by atoms with van der Waals surface area (Å²) in [7, 11) is 0. The summed E-state index contributed by atoms with van der Waals surface area (Å²) in [4.78, 5) is 23.9. The Morgan fingerprint density at radius 3 is 2.35 bits per heavy atom. The summed E-state index contributed by atoms with van der Waals surface area (Å²) in [5, 5.41) is 9.26. The lowest BCUT2D eigenvalue weighted by Crippen LogP contribution is -2.32. The van der Waals surface area contributed by atoms with E-state index in [1.165, 1.54) is 38.2 Å². The average molecular weight is 312 g/mol. The molecule has 0 radical (unpaired) electrons. The zero-order chi connectivity index (χ0) is 15.8. The maximum atomic E-state index is 12.6. The molecule has 0 heterocycles. The highest BCUT2D eigenvalue weighted by molar-refractivity contribution is 6.02. The van der Waals surface area contributed by atoms with E-state index in [0.29, 0.717) is 16.7 Å². The van der Waals surface area contributed by atoms with Gasteiger partial charge in [0.1, 0.15) is 6.10 Å². The number of carboxylic acid groups (broad SMARTS) is 1. The first-order valence-electron chi connectivity index (χ1n) is 8.59. The molecule has 4 aliphatic carbocycles. The topological polar surface area (TPSA) is 63.6 Å². The van der Waals surface area contributed by atoms with Gasteiger partial charge in [0.05, 0.1) is 11.1 Å². The second-order valence-corrected chi connectivity index (χ2v) is 8.00. The fraction of sp³-hybridized carbons (Fsp3) is 0.579. The van der Waals surface area contributed by atoms with Gasteiger partial charge in [0.25, 0.3) is 0 Å². The van der Waals surface area contributed by atoms with Crippen LogP contribution in [0.2, 0.25) is 0 Å². The van der Waals surface area contributed by atoms with Crippen molar-refractivity contribution in [1.82, 2.24) is 0 Å². The molecule has 4 nitrogen and oxygen atoms in total. The predicted molar refractivity (Wildman–Crippen MR) is 82.2 cm³/mol. The van der Waals surface area contributed by atoms with E-state index in [9.17, 15) is 14.7 Å². The molecular weight excluding hydrogens is 292 g/mol. The second kappa shape index (κ2) is 4.16. The van der Waals surface area contributed by atoms with Crippen molar-refractivity contribution in [3.05, 3.63) is 35.4 Å². The van der Waals surface area contributed by atoms with Crippen molar-refractivity contribution in [3.63, 3.8) is 0 Å². The molecule has 0 amide bonds. The van der Waals surface area contributed by atoms with Crippen LogP contribution in [0.1, 0.15) is 59.2 Å². The Balaban J connectivity index is 1.41. The first-order chi connectivity index (χ1) is 11.1. The van der Waals surface area contributed by atoms with Crippen LogP contribution in [0.4, 0.5) is 0 Å². The highest BCUT2D eigenvalue weighted by Crippen LogP contribution is 2.82. The third-order valence-corrected chi connectivity index (χ3v) is 6.99. The van der Waals surface area contributed by atoms with Gasteiger partial charge < -0.3 is 9.84 Å². The number of carboxylic acids is 1. The number of fused-ring (bicyclic) bond motifs is 1. The van der Waals surface area contributed by atoms with Crippen LogP contribution in [0.5, 0.6) is 0 Å². The normalized spacial score (nSPS) is 33.8. The quantitative estimate of drug-likeness (QED) is 0.868. The van der Waals surface area contributed by atoms with Crippen molar-refractivity contribution in [2.45, 2.75) is 44.6 Å². The lowest BCUT2D eigenvalue weighted by Gasteiger charge is -2.30. The van der Waals surface area contributed by atoms with E-state index in [4.69, 9.17) is 4.74 Å². The first kappa shape index (κ1) is 13.6. The molecule has 0 unspecified atom stereocenters. The molecule has 5 rings (SSSR count). The monoisotopic (exact) mass is 312 g/mol. The summed E-state index contributed by atoms with van der Waals surface area (Å²) in [5.41, 5.74) is 1.13. The van der Waals surface area contributed by atoms with Gasteiger partial charge in [0, 0.05) is 5.92 Å². The summed E-state index contributed by atoms with van der Waals surface area (Å²) >= 11 is 0. The number of benzene rings is 1. The summed E-state index contributed by atoms with van der Waals surface area (Å²) in [6, 6.07) is 6.34. The Bertz CT molecular complexity index is 714. The number of rotatable bonds is 3. The number of esters is 1. The molecule has 2 bridgehead atoms. The molecule has 4 saturated carbocycles. The molecule has 4 fully saturated rings. The standard InChI is InChI=1S/C19H20O4/c20-16(21)12-3-1-2-4-13(12)17(22)23-14-9-11-10-18(5-6-18)15(14)19(11)7-8-19/h1-4,11,14-15H,5-10H2,(H,20,21)/t11-,14+,15-/m1/s1. The molecule has 1 N–H and O–H groups in total. The lowest BCUT2D eigenvalue weighted by atomic mass is 9.82. The molecule has 4 aliphatic rings. The zero-order valence-corrected chi connectivity index (χ0v) is 13.0. The number of hydrogen-bond donors (Lipinski definition) is 1. The molecule has 1 aromatic carbocycles. The van der Waals surface area contributed by atoms with E-state index < -0.39 is 11.9 Å². The minimum absolute atomic E-state index is 0.00639. The first-order valence-corrected chi connectivity index (χ1v) is 8.59. The van der Waals surface area contributed by atoms with Gasteiger partial charge in [-0.15, -0.1) is 0 Å². The van der Waals surface area contributed by atoms with E-state index in [1.807, 2.05) is 0 Å². The summed E-state index contributed by atoms with van der Waals surface area (Å²) < 4.78 is 5.87. The fourth-order valence-electron chi connectivity index (χ4n) is 5.89. The molecule has 23 heavy (non-hydrogen) atoms. The van der Waals surface area contributed by atoms with Crippen molar-refractivity contribution in [2.75, 3.05) is 0 Å². The summed E-state index contributed by atoms with van der Waals surface area (Å²) in [6.07, 6.45) is 7.47. The van der Waals surface area contributed by atoms with Crippen molar-refractivity contribution in [1.29, 1.82) is 0 Å². The smallest absolute Gasteiger partial charge is 0.339 e. The highest BCUT2D eigenvalue weighted by atomic mass is 16.5.